The van der Waals surface area contributed by atoms with Gasteiger partial charge < -0.3 is 4.90 Å². The first-order valence-electron chi connectivity index (χ1n) is 11.6. The molecule has 6 rings (SSSR count). The number of hydrogen-bond acceptors (Lipinski definition) is 6. The third-order valence-corrected chi connectivity index (χ3v) is 9.82. The van der Waals surface area contributed by atoms with Crippen molar-refractivity contribution in [3.63, 3.8) is 0 Å². The molecule has 0 bridgehead atoms. The van der Waals surface area contributed by atoms with Crippen LogP contribution in [0.25, 0.3) is 0 Å². The fourth-order valence-electron chi connectivity index (χ4n) is 6.12. The number of carbonyl (C=O) groups is 2. The second-order valence-corrected chi connectivity index (χ2v) is 11.7. The van der Waals surface area contributed by atoms with Crippen LogP contribution in [0.1, 0.15) is 22.7 Å². The number of hydrogen-bond donors (Lipinski definition) is 0. The van der Waals surface area contributed by atoms with Crippen LogP contribution in [0.4, 0.5) is 5.69 Å². The molecule has 2 aromatic carbocycles. The van der Waals surface area contributed by atoms with Gasteiger partial charge in [0.15, 0.2) is 5.54 Å². The summed E-state index contributed by atoms with van der Waals surface area (Å²) < 4.78 is -0.783. The van der Waals surface area contributed by atoms with Crippen molar-refractivity contribution in [3.05, 3.63) is 94.8 Å². The number of likely N-dealkylation sites (tertiary alicyclic amines) is 1. The minimum Gasteiger partial charge on any atom is -0.313 e. The highest BCUT2D eigenvalue weighted by Gasteiger charge is 2.78. The molecular weight excluding hydrogens is 512 g/mol. The number of benzene rings is 2. The van der Waals surface area contributed by atoms with Crippen molar-refractivity contribution in [1.29, 1.82) is 0 Å². The summed E-state index contributed by atoms with van der Waals surface area (Å²) in [7, 11) is 3.66. The molecule has 3 atom stereocenters. The summed E-state index contributed by atoms with van der Waals surface area (Å²) in [5.41, 5.74) is 1.92. The van der Waals surface area contributed by atoms with Crippen molar-refractivity contribution < 1.29 is 9.59 Å². The summed E-state index contributed by atoms with van der Waals surface area (Å²) >= 11 is 13.7. The number of halogens is 1. The van der Waals surface area contributed by atoms with E-state index >= 15 is 0 Å². The standard InChI is InChI=1S/C27H23ClN4O2S2/c1-30-16-20(21-10-6-7-13-29-21)27(24(34)32(25(35)36-27)15-17-8-4-3-5-9-17)26(30)19-14-18(28)11-12-22(19)31(2)23(26)33/h3-14,20H,15-16H2,1-2H3/t20-,26+,27-/m1/s1. The van der Waals surface area contributed by atoms with Gasteiger partial charge in [0.25, 0.3) is 5.91 Å². The molecule has 6 nitrogen and oxygen atoms in total. The monoisotopic (exact) mass is 534 g/mol. The van der Waals surface area contributed by atoms with Crippen molar-refractivity contribution in [2.45, 2.75) is 22.7 Å². The number of thioether (sulfide) groups is 1. The summed E-state index contributed by atoms with van der Waals surface area (Å²) in [6.07, 6.45) is 1.73. The van der Waals surface area contributed by atoms with E-state index in [1.807, 2.05) is 72.6 Å². The Morgan fingerprint density at radius 1 is 1.06 bits per heavy atom. The molecule has 4 heterocycles. The fourth-order valence-corrected chi connectivity index (χ4v) is 8.40. The maximum absolute atomic E-state index is 14.7. The Hall–Kier alpha value is -2.78. The van der Waals surface area contributed by atoms with Gasteiger partial charge >= 0.3 is 0 Å². The van der Waals surface area contributed by atoms with Gasteiger partial charge in [-0.2, -0.15) is 0 Å². The molecule has 0 unspecified atom stereocenters. The van der Waals surface area contributed by atoms with Gasteiger partial charge in [-0.05, 0) is 42.9 Å². The van der Waals surface area contributed by atoms with Gasteiger partial charge in [-0.15, -0.1) is 0 Å². The number of fused-ring (bicyclic) bond motifs is 3. The lowest BCUT2D eigenvalue weighted by atomic mass is 9.72. The van der Waals surface area contributed by atoms with Crippen LogP contribution in [0.2, 0.25) is 5.02 Å². The van der Waals surface area contributed by atoms with Crippen LogP contribution in [0, 0.1) is 0 Å². The van der Waals surface area contributed by atoms with Crippen LogP contribution in [-0.2, 0) is 21.7 Å². The Labute approximate surface area is 224 Å². The first kappa shape index (κ1) is 23.6. The van der Waals surface area contributed by atoms with Crippen LogP contribution in [0.3, 0.4) is 0 Å². The number of pyridine rings is 1. The Morgan fingerprint density at radius 3 is 2.53 bits per heavy atom. The summed E-state index contributed by atoms with van der Waals surface area (Å²) in [6.45, 7) is 0.803. The van der Waals surface area contributed by atoms with E-state index in [0.717, 1.165) is 22.5 Å². The quantitative estimate of drug-likeness (QED) is 0.463. The normalized spacial score (nSPS) is 27.6. The lowest BCUT2D eigenvalue weighted by Gasteiger charge is -2.42. The molecule has 0 saturated carbocycles. The van der Waals surface area contributed by atoms with Gasteiger partial charge in [0, 0.05) is 47.7 Å². The molecule has 3 aliphatic rings. The molecule has 2 fully saturated rings. The number of amides is 2. The molecular formula is C27H23ClN4O2S2. The number of carbonyl (C=O) groups excluding carboxylic acids is 2. The van der Waals surface area contributed by atoms with Crippen LogP contribution in [-0.4, -0.2) is 56.3 Å². The second kappa shape index (κ2) is 8.38. The summed E-state index contributed by atoms with van der Waals surface area (Å²) in [6, 6.07) is 20.9. The third-order valence-electron chi connectivity index (χ3n) is 7.64. The molecule has 0 N–H and O–H groups in total. The maximum atomic E-state index is 14.7. The Balaban J connectivity index is 1.60. The summed E-state index contributed by atoms with van der Waals surface area (Å²) in [5, 5.41) is 0.514. The van der Waals surface area contributed by atoms with Gasteiger partial charge in [0.05, 0.1) is 6.54 Å². The Bertz CT molecular complexity index is 1410. The minimum atomic E-state index is -1.29. The second-order valence-electron chi connectivity index (χ2n) is 9.40. The fraction of sp³-hybridized carbons (Fsp3) is 0.259. The van der Waals surface area contributed by atoms with E-state index in [1.54, 1.807) is 29.1 Å². The lowest BCUT2D eigenvalue weighted by Crippen LogP contribution is -2.62. The SMILES string of the molecule is CN1C(=O)[C@]2(c3cc(Cl)ccc31)N(C)C[C@H](c1ccccn1)[C@]21SC(=S)N(Cc2ccccc2)C1=O. The van der Waals surface area contributed by atoms with E-state index in [2.05, 4.69) is 4.98 Å². The number of anilines is 1. The van der Waals surface area contributed by atoms with Gasteiger partial charge in [-0.25, -0.2) is 0 Å². The van der Waals surface area contributed by atoms with E-state index in [-0.39, 0.29) is 17.7 Å². The van der Waals surface area contributed by atoms with Crippen molar-refractivity contribution in [1.82, 2.24) is 14.8 Å². The smallest absolute Gasteiger partial charge is 0.254 e. The highest BCUT2D eigenvalue weighted by molar-refractivity contribution is 8.25. The average Bonchev–Trinajstić information content (AvgIpc) is 3.38. The number of rotatable bonds is 3. The molecule has 2 amide bonds. The van der Waals surface area contributed by atoms with E-state index in [9.17, 15) is 9.59 Å². The predicted octanol–water partition coefficient (Wildman–Crippen LogP) is 4.44. The molecule has 0 aliphatic carbocycles. The molecule has 1 aromatic heterocycles. The van der Waals surface area contributed by atoms with Crippen molar-refractivity contribution >= 4 is 57.4 Å². The van der Waals surface area contributed by atoms with Gasteiger partial charge in [-0.1, -0.05) is 72.0 Å². The molecule has 2 saturated heterocycles. The molecule has 2 spiro atoms. The van der Waals surface area contributed by atoms with E-state index < -0.39 is 10.3 Å². The Morgan fingerprint density at radius 2 is 1.81 bits per heavy atom. The largest absolute Gasteiger partial charge is 0.313 e. The van der Waals surface area contributed by atoms with Gasteiger partial charge in [0.1, 0.15) is 9.07 Å². The molecule has 3 aliphatic heterocycles. The van der Waals surface area contributed by atoms with Gasteiger partial charge in [0.2, 0.25) is 5.91 Å². The first-order valence-corrected chi connectivity index (χ1v) is 13.2. The van der Waals surface area contributed by atoms with Crippen LogP contribution in [0.15, 0.2) is 72.9 Å². The first-order chi connectivity index (χ1) is 17.3. The summed E-state index contributed by atoms with van der Waals surface area (Å²) in [5.74, 6) is -0.705. The third kappa shape index (κ3) is 2.96. The molecule has 182 valence electrons. The number of thiocarbonyl (C=S) groups is 1. The predicted molar refractivity (Wildman–Crippen MR) is 146 cm³/mol. The van der Waals surface area contributed by atoms with E-state index in [0.29, 0.717) is 22.4 Å². The number of nitrogens with zero attached hydrogens (tertiary/aromatic N) is 4. The molecule has 3 aromatic rings. The Kier molecular flexibility index (Phi) is 5.50. The molecule has 9 heteroatoms. The zero-order valence-corrected chi connectivity index (χ0v) is 22.1. The van der Waals surface area contributed by atoms with Crippen LogP contribution < -0.4 is 4.90 Å². The minimum absolute atomic E-state index is 0.161. The van der Waals surface area contributed by atoms with Crippen molar-refractivity contribution in [2.75, 3.05) is 25.5 Å². The van der Waals surface area contributed by atoms with Crippen LogP contribution >= 0.6 is 35.6 Å². The van der Waals surface area contributed by atoms with Crippen molar-refractivity contribution in [2.24, 2.45) is 0 Å². The highest BCUT2D eigenvalue weighted by atomic mass is 35.5. The average molecular weight is 535 g/mol. The van der Waals surface area contributed by atoms with Crippen LogP contribution in [0.5, 0.6) is 0 Å². The number of likely N-dealkylation sites (N-methyl/N-ethyl adjacent to an activating group) is 2. The van der Waals surface area contributed by atoms with E-state index in [4.69, 9.17) is 23.8 Å². The zero-order valence-electron chi connectivity index (χ0n) is 19.7. The molecule has 36 heavy (non-hydrogen) atoms. The van der Waals surface area contributed by atoms with E-state index in [1.165, 1.54) is 11.8 Å². The molecule has 0 radical (unpaired) electrons. The highest BCUT2D eigenvalue weighted by Crippen LogP contribution is 2.66. The topological polar surface area (TPSA) is 56.8 Å². The summed E-state index contributed by atoms with van der Waals surface area (Å²) in [4.78, 5) is 39.0. The van der Waals surface area contributed by atoms with Crippen molar-refractivity contribution in [3.8, 4) is 0 Å². The lowest BCUT2D eigenvalue weighted by molar-refractivity contribution is -0.139. The zero-order chi connectivity index (χ0) is 25.2. The van der Waals surface area contributed by atoms with Gasteiger partial charge in [-0.3, -0.25) is 24.4 Å². The number of aromatic nitrogens is 1. The maximum Gasteiger partial charge on any atom is 0.254 e.